The highest BCUT2D eigenvalue weighted by Gasteiger charge is 2.50. The monoisotopic (exact) mass is 1060 g/mol. The summed E-state index contributed by atoms with van der Waals surface area (Å²) in [5.41, 5.74) is 5.92. The van der Waals surface area contributed by atoms with Crippen LogP contribution in [0.3, 0.4) is 0 Å². The minimum Gasteiger partial charge on any atom is -0.455 e. The summed E-state index contributed by atoms with van der Waals surface area (Å²) in [6, 6.07) is 32.9. The van der Waals surface area contributed by atoms with E-state index in [0.29, 0.717) is 42.7 Å². The molecule has 0 bridgehead atoms. The van der Waals surface area contributed by atoms with Gasteiger partial charge >= 0.3 is 0 Å². The Morgan fingerprint density at radius 3 is 2.43 bits per heavy atom. The number of sulfonamides is 1. The number of piperidine rings is 1. The van der Waals surface area contributed by atoms with Gasteiger partial charge in [-0.3, -0.25) is 24.7 Å². The smallest absolute Gasteiger partial charge is 0.293 e. The molecule has 4 N–H and O–H groups in total. The number of benzene rings is 4. The van der Waals surface area contributed by atoms with Crippen LogP contribution in [0.4, 0.5) is 17.1 Å². The van der Waals surface area contributed by atoms with Crippen molar-refractivity contribution in [2.75, 3.05) is 49.5 Å². The summed E-state index contributed by atoms with van der Waals surface area (Å²) in [5, 5.41) is 30.9. The lowest BCUT2D eigenvalue weighted by Gasteiger charge is -2.58. The summed E-state index contributed by atoms with van der Waals surface area (Å²) >= 11 is 0. The van der Waals surface area contributed by atoms with Crippen LogP contribution in [-0.2, 0) is 16.6 Å². The summed E-state index contributed by atoms with van der Waals surface area (Å²) in [4.78, 5) is 40.6. The van der Waals surface area contributed by atoms with E-state index in [-0.39, 0.29) is 34.4 Å². The number of aliphatic hydroxyl groups is 1. The summed E-state index contributed by atoms with van der Waals surface area (Å²) < 4.78 is 38.2. The number of H-pyrrole nitrogens is 1. The number of nitrogens with one attached hydrogen (secondary N) is 3. The summed E-state index contributed by atoms with van der Waals surface area (Å²) in [6.07, 6.45) is 14.2. The van der Waals surface area contributed by atoms with Crippen LogP contribution in [0.15, 0.2) is 133 Å². The first kappa shape index (κ1) is 52.0. The number of carbonyl (C=O) groups is 1. The molecule has 18 heteroatoms. The van der Waals surface area contributed by atoms with E-state index in [1.165, 1.54) is 28.8 Å². The van der Waals surface area contributed by atoms with Gasteiger partial charge in [0.15, 0.2) is 0 Å². The maximum atomic E-state index is 14.1. The van der Waals surface area contributed by atoms with Crippen molar-refractivity contribution in [3.05, 3.63) is 160 Å². The molecule has 5 heterocycles. The molecule has 4 aromatic carbocycles. The van der Waals surface area contributed by atoms with Gasteiger partial charge in [-0.05, 0) is 147 Å². The van der Waals surface area contributed by atoms with E-state index in [1.807, 2.05) is 36.0 Å². The number of nitrogens with zero attached hydrogens (tertiary/aromatic N) is 7. The average Bonchev–Trinajstić information content (AvgIpc) is 4.24. The van der Waals surface area contributed by atoms with Crippen molar-refractivity contribution in [3.63, 3.8) is 0 Å². The standard InChI is InChI=1S/C59H68N10O7S/c1-40(2)49-7-4-5-8-50(49)54-39-65(38-42-9-11-44(12-10-42)68-26-6-24-63-68)29-30-67(54)46-34-59(35-46)22-27-66(28-23-59)45-13-15-51(55(32-45)76-47-31-43-19-25-60-56(43)62-37-47)57(70)64-77(74,75)48-14-16-52(53(33-48)69(72)73)61-36-41-17-20-58(3,71)21-18-41/h4-16,19,24-26,31-33,37,40-41,46,54,61,71H,17-18,20-23,27-30,34-36,38-39H2,1-3H3,(H,60,62)(H,64,70)/t41-,54?,58-. The van der Waals surface area contributed by atoms with Gasteiger partial charge in [-0.15, -0.1) is 0 Å². The molecule has 17 nitrogen and oxygen atoms in total. The lowest BCUT2D eigenvalue weighted by Crippen LogP contribution is -2.60. The number of ether oxygens (including phenoxy) is 1. The number of nitro groups is 1. The van der Waals surface area contributed by atoms with Crippen molar-refractivity contribution >= 4 is 44.0 Å². The third-order valence-corrected chi connectivity index (χ3v) is 18.2. The van der Waals surface area contributed by atoms with Gasteiger partial charge < -0.3 is 25.0 Å². The molecule has 1 spiro atoms. The molecule has 402 valence electrons. The van der Waals surface area contributed by atoms with Gasteiger partial charge in [-0.2, -0.15) is 5.10 Å². The zero-order valence-electron chi connectivity index (χ0n) is 44.0. The number of piperazine rings is 1. The Kier molecular flexibility index (Phi) is 14.4. The second kappa shape index (κ2) is 21.4. The van der Waals surface area contributed by atoms with Crippen molar-refractivity contribution in [3.8, 4) is 17.2 Å². The van der Waals surface area contributed by atoms with Crippen LogP contribution in [0.1, 0.15) is 111 Å². The summed E-state index contributed by atoms with van der Waals surface area (Å²) in [6.45, 7) is 12.3. The first-order valence-electron chi connectivity index (χ1n) is 27.1. The molecule has 2 aliphatic heterocycles. The van der Waals surface area contributed by atoms with E-state index in [4.69, 9.17) is 4.74 Å². The molecule has 11 rings (SSSR count). The van der Waals surface area contributed by atoms with E-state index in [2.05, 4.69) is 102 Å². The van der Waals surface area contributed by atoms with Gasteiger partial charge in [-0.1, -0.05) is 50.2 Å². The summed E-state index contributed by atoms with van der Waals surface area (Å²) in [7, 11) is -4.59. The molecule has 2 aliphatic carbocycles. The fraction of sp³-hybridized carbons (Fsp3) is 0.407. The Morgan fingerprint density at radius 1 is 0.922 bits per heavy atom. The van der Waals surface area contributed by atoms with Gasteiger partial charge in [0.2, 0.25) is 0 Å². The maximum absolute atomic E-state index is 14.1. The fourth-order valence-corrected chi connectivity index (χ4v) is 13.3. The van der Waals surface area contributed by atoms with E-state index in [0.717, 1.165) is 101 Å². The molecule has 4 aliphatic rings. The van der Waals surface area contributed by atoms with Gasteiger partial charge in [0, 0.05) is 99.7 Å². The maximum Gasteiger partial charge on any atom is 0.293 e. The number of nitro benzene ring substituents is 1. The average molecular weight is 1060 g/mol. The zero-order valence-corrected chi connectivity index (χ0v) is 44.8. The number of anilines is 2. The first-order chi connectivity index (χ1) is 37.1. The van der Waals surface area contributed by atoms with Crippen molar-refractivity contribution < 1.29 is 28.0 Å². The van der Waals surface area contributed by atoms with Crippen LogP contribution >= 0.6 is 0 Å². The highest BCUT2D eigenvalue weighted by Crippen LogP contribution is 2.53. The highest BCUT2D eigenvalue weighted by molar-refractivity contribution is 7.90. The van der Waals surface area contributed by atoms with Crippen LogP contribution in [0.2, 0.25) is 0 Å². The normalized spacial score (nSPS) is 21.3. The Bertz CT molecular complexity index is 3350. The van der Waals surface area contributed by atoms with Crippen LogP contribution in [0.5, 0.6) is 11.5 Å². The quantitative estimate of drug-likeness (QED) is 0.0526. The molecule has 7 aromatic rings. The number of aromatic nitrogens is 4. The molecular weight excluding hydrogens is 993 g/mol. The molecule has 3 aromatic heterocycles. The number of hydrogen-bond acceptors (Lipinski definition) is 13. The van der Waals surface area contributed by atoms with Crippen LogP contribution < -0.4 is 19.7 Å². The second-order valence-corrected chi connectivity index (χ2v) is 24.2. The number of amides is 1. The summed E-state index contributed by atoms with van der Waals surface area (Å²) in [5.74, 6) is 0.158. The van der Waals surface area contributed by atoms with Crippen LogP contribution in [0, 0.1) is 21.4 Å². The number of carbonyl (C=O) groups excluding carboxylic acids is 1. The van der Waals surface area contributed by atoms with Gasteiger partial charge in [0.25, 0.3) is 21.6 Å². The molecule has 4 fully saturated rings. The third kappa shape index (κ3) is 11.3. The molecule has 1 atom stereocenters. The molecule has 1 unspecified atom stereocenters. The lowest BCUT2D eigenvalue weighted by atomic mass is 9.59. The van der Waals surface area contributed by atoms with Crippen LogP contribution in [0.25, 0.3) is 16.7 Å². The third-order valence-electron chi connectivity index (χ3n) is 16.9. The van der Waals surface area contributed by atoms with E-state index >= 15 is 0 Å². The van der Waals surface area contributed by atoms with Crippen molar-refractivity contribution in [1.29, 1.82) is 0 Å². The minimum absolute atomic E-state index is 0.0296. The minimum atomic E-state index is -4.59. The van der Waals surface area contributed by atoms with Gasteiger partial charge in [0.05, 0.1) is 32.9 Å². The van der Waals surface area contributed by atoms with E-state index < -0.39 is 37.0 Å². The number of aromatic amines is 1. The molecule has 1 amide bonds. The first-order valence-corrected chi connectivity index (χ1v) is 28.5. The number of rotatable bonds is 16. The zero-order chi connectivity index (χ0) is 53.5. The number of fused-ring (bicyclic) bond motifs is 1. The van der Waals surface area contributed by atoms with Gasteiger partial charge in [-0.25, -0.2) is 22.8 Å². The Balaban J connectivity index is 0.772. The molecular formula is C59H68N10O7S. The number of pyridine rings is 1. The van der Waals surface area contributed by atoms with E-state index in [9.17, 15) is 28.4 Å². The molecule has 2 saturated heterocycles. The van der Waals surface area contributed by atoms with E-state index in [1.54, 1.807) is 36.8 Å². The Morgan fingerprint density at radius 2 is 1.69 bits per heavy atom. The van der Waals surface area contributed by atoms with Gasteiger partial charge in [0.1, 0.15) is 22.8 Å². The van der Waals surface area contributed by atoms with Crippen LogP contribution in [-0.4, -0.2) is 105 Å². The molecule has 0 radical (unpaired) electrons. The Hall–Kier alpha value is -7.12. The molecule has 77 heavy (non-hydrogen) atoms. The predicted octanol–water partition coefficient (Wildman–Crippen LogP) is 10.4. The fourth-order valence-electron chi connectivity index (χ4n) is 12.4. The largest absolute Gasteiger partial charge is 0.455 e. The number of hydrogen-bond donors (Lipinski definition) is 4. The highest BCUT2D eigenvalue weighted by atomic mass is 32.2. The van der Waals surface area contributed by atoms with Crippen molar-refractivity contribution in [2.45, 2.75) is 107 Å². The predicted molar refractivity (Wildman–Crippen MR) is 297 cm³/mol. The van der Waals surface area contributed by atoms with Crippen molar-refractivity contribution in [2.24, 2.45) is 11.3 Å². The lowest BCUT2D eigenvalue weighted by molar-refractivity contribution is -0.384. The second-order valence-electron chi connectivity index (χ2n) is 22.5. The van der Waals surface area contributed by atoms with Crippen molar-refractivity contribution in [1.82, 2.24) is 34.3 Å². The Labute approximate surface area is 449 Å². The molecule has 2 saturated carbocycles. The topological polar surface area (TPSA) is 204 Å². The SMILES string of the molecule is CC(C)c1ccccc1C1CN(Cc2ccc(-n3cccn3)cc2)CCN1C1CC2(CCN(c3ccc(C(=O)NS(=O)(=O)c4ccc(NC[C@H]5CC[C@](C)(O)CC5)c([N+](=O)[O-])c4)c(Oc4cnc5[nH]ccc5c4)c3)CC2)C1.